The van der Waals surface area contributed by atoms with Crippen molar-refractivity contribution in [2.75, 3.05) is 31.1 Å². The summed E-state index contributed by atoms with van der Waals surface area (Å²) in [5, 5.41) is 1.29. The van der Waals surface area contributed by atoms with Crippen LogP contribution in [0, 0.1) is 0 Å². The Hall–Kier alpha value is -1.61. The van der Waals surface area contributed by atoms with Crippen molar-refractivity contribution in [1.29, 1.82) is 0 Å². The van der Waals surface area contributed by atoms with E-state index in [1.165, 1.54) is 43.5 Å². The summed E-state index contributed by atoms with van der Waals surface area (Å²) >= 11 is 0. The normalized spacial score (nSPS) is 23.8. The number of benzene rings is 1. The first-order valence-electron chi connectivity index (χ1n) is 7.24. The summed E-state index contributed by atoms with van der Waals surface area (Å²) in [7, 11) is 0. The van der Waals surface area contributed by atoms with Crippen molar-refractivity contribution in [2.45, 2.75) is 18.9 Å². The van der Waals surface area contributed by atoms with Crippen LogP contribution in [0.25, 0.3) is 10.9 Å². The third-order valence-electron chi connectivity index (χ3n) is 4.55. The average Bonchev–Trinajstić information content (AvgIpc) is 2.94. The Labute approximate surface area is 113 Å². The molecule has 0 spiro atoms. The van der Waals surface area contributed by atoms with Crippen molar-refractivity contribution < 1.29 is 0 Å². The Morgan fingerprint density at radius 1 is 1.05 bits per heavy atom. The lowest BCUT2D eigenvalue weighted by atomic mass is 10.1. The predicted octanol–water partition coefficient (Wildman–Crippen LogP) is 2.52. The van der Waals surface area contributed by atoms with Crippen molar-refractivity contribution in [3.8, 4) is 0 Å². The molecule has 0 amide bonds. The van der Waals surface area contributed by atoms with Gasteiger partial charge in [0, 0.05) is 42.9 Å². The van der Waals surface area contributed by atoms with Gasteiger partial charge in [-0.25, -0.2) is 0 Å². The standard InChI is InChI=1S/C16H19N3/c1-6-15-14(5-2-8-17-15)16(7-1)19-11-10-18-9-3-4-13(18)12-19/h1-2,5-8,13H,3-4,9-12H2. The van der Waals surface area contributed by atoms with Crippen LogP contribution in [-0.4, -0.2) is 42.1 Å². The number of hydrogen-bond donors (Lipinski definition) is 0. The maximum absolute atomic E-state index is 4.47. The lowest BCUT2D eigenvalue weighted by Crippen LogP contribution is -2.50. The summed E-state index contributed by atoms with van der Waals surface area (Å²) in [4.78, 5) is 9.67. The van der Waals surface area contributed by atoms with Gasteiger partial charge in [0.05, 0.1) is 5.52 Å². The fourth-order valence-electron chi connectivity index (χ4n) is 3.57. The molecule has 19 heavy (non-hydrogen) atoms. The fourth-order valence-corrected chi connectivity index (χ4v) is 3.57. The van der Waals surface area contributed by atoms with E-state index >= 15 is 0 Å². The summed E-state index contributed by atoms with van der Waals surface area (Å²) < 4.78 is 0. The molecule has 3 nitrogen and oxygen atoms in total. The van der Waals surface area contributed by atoms with Crippen molar-refractivity contribution in [1.82, 2.24) is 9.88 Å². The molecule has 2 aliphatic heterocycles. The molecular formula is C16H19N3. The zero-order chi connectivity index (χ0) is 12.7. The van der Waals surface area contributed by atoms with Gasteiger partial charge in [0.2, 0.25) is 0 Å². The van der Waals surface area contributed by atoms with E-state index in [1.807, 2.05) is 12.3 Å². The van der Waals surface area contributed by atoms with Crippen LogP contribution in [0.3, 0.4) is 0 Å². The van der Waals surface area contributed by atoms with Gasteiger partial charge in [-0.05, 0) is 43.7 Å². The van der Waals surface area contributed by atoms with Crippen LogP contribution in [0.5, 0.6) is 0 Å². The summed E-state index contributed by atoms with van der Waals surface area (Å²) in [6.45, 7) is 4.83. The number of piperazine rings is 1. The third-order valence-corrected chi connectivity index (χ3v) is 4.55. The van der Waals surface area contributed by atoms with Crippen molar-refractivity contribution >= 4 is 16.6 Å². The zero-order valence-corrected chi connectivity index (χ0v) is 11.1. The van der Waals surface area contributed by atoms with Gasteiger partial charge in [0.15, 0.2) is 0 Å². The average molecular weight is 253 g/mol. The first-order valence-corrected chi connectivity index (χ1v) is 7.24. The highest BCUT2D eigenvalue weighted by molar-refractivity contribution is 5.91. The molecule has 1 aromatic carbocycles. The van der Waals surface area contributed by atoms with E-state index in [2.05, 4.69) is 39.0 Å². The molecule has 98 valence electrons. The first-order chi connectivity index (χ1) is 9.42. The number of anilines is 1. The van der Waals surface area contributed by atoms with Gasteiger partial charge >= 0.3 is 0 Å². The predicted molar refractivity (Wildman–Crippen MR) is 78.6 cm³/mol. The maximum Gasteiger partial charge on any atom is 0.0722 e. The highest BCUT2D eigenvalue weighted by Crippen LogP contribution is 2.29. The van der Waals surface area contributed by atoms with E-state index in [-0.39, 0.29) is 0 Å². The first kappa shape index (κ1) is 11.2. The van der Waals surface area contributed by atoms with E-state index < -0.39 is 0 Å². The lowest BCUT2D eigenvalue weighted by molar-refractivity contribution is 0.231. The summed E-state index contributed by atoms with van der Waals surface area (Å²) in [5.74, 6) is 0. The molecule has 0 bridgehead atoms. The maximum atomic E-state index is 4.47. The largest absolute Gasteiger partial charge is 0.368 e. The second-order valence-electron chi connectivity index (χ2n) is 5.63. The Kier molecular flexibility index (Phi) is 2.66. The smallest absolute Gasteiger partial charge is 0.0722 e. The number of pyridine rings is 1. The molecular weight excluding hydrogens is 234 g/mol. The van der Waals surface area contributed by atoms with E-state index in [4.69, 9.17) is 0 Å². The number of rotatable bonds is 1. The van der Waals surface area contributed by atoms with E-state index in [0.29, 0.717) is 0 Å². The molecule has 3 heteroatoms. The van der Waals surface area contributed by atoms with Gasteiger partial charge in [-0.3, -0.25) is 9.88 Å². The molecule has 4 rings (SSSR count). The molecule has 0 aliphatic carbocycles. The Morgan fingerprint density at radius 2 is 2.05 bits per heavy atom. The molecule has 3 heterocycles. The third kappa shape index (κ3) is 1.89. The van der Waals surface area contributed by atoms with Gasteiger partial charge in [0.25, 0.3) is 0 Å². The molecule has 2 saturated heterocycles. The minimum Gasteiger partial charge on any atom is -0.368 e. The van der Waals surface area contributed by atoms with Gasteiger partial charge in [-0.1, -0.05) is 6.07 Å². The number of aromatic nitrogens is 1. The van der Waals surface area contributed by atoms with Crippen LogP contribution in [0.15, 0.2) is 36.5 Å². The van der Waals surface area contributed by atoms with Crippen LogP contribution in [0.1, 0.15) is 12.8 Å². The van der Waals surface area contributed by atoms with Crippen LogP contribution < -0.4 is 4.90 Å². The van der Waals surface area contributed by atoms with Crippen LogP contribution in [-0.2, 0) is 0 Å². The van der Waals surface area contributed by atoms with Crippen LogP contribution in [0.2, 0.25) is 0 Å². The summed E-state index contributed by atoms with van der Waals surface area (Å²) in [6, 6.07) is 11.5. The molecule has 0 saturated carbocycles. The second kappa shape index (κ2) is 4.49. The SMILES string of the molecule is c1cc(N2CCN3CCCC3C2)c2cccnc2c1. The Morgan fingerprint density at radius 3 is 3.05 bits per heavy atom. The Bertz CT molecular complexity index is 590. The van der Waals surface area contributed by atoms with Gasteiger partial charge < -0.3 is 4.90 Å². The molecule has 0 N–H and O–H groups in total. The number of nitrogens with zero attached hydrogens (tertiary/aromatic N) is 3. The van der Waals surface area contributed by atoms with E-state index in [9.17, 15) is 0 Å². The van der Waals surface area contributed by atoms with Crippen molar-refractivity contribution in [2.24, 2.45) is 0 Å². The van der Waals surface area contributed by atoms with Gasteiger partial charge in [-0.15, -0.1) is 0 Å². The molecule has 0 radical (unpaired) electrons. The summed E-state index contributed by atoms with van der Waals surface area (Å²) in [5.41, 5.74) is 2.46. The van der Waals surface area contributed by atoms with Crippen LogP contribution >= 0.6 is 0 Å². The zero-order valence-electron chi connectivity index (χ0n) is 11.1. The van der Waals surface area contributed by atoms with Crippen molar-refractivity contribution in [3.63, 3.8) is 0 Å². The van der Waals surface area contributed by atoms with Gasteiger partial charge in [-0.2, -0.15) is 0 Å². The van der Waals surface area contributed by atoms with Gasteiger partial charge in [0.1, 0.15) is 0 Å². The highest BCUT2D eigenvalue weighted by atomic mass is 15.3. The highest BCUT2D eigenvalue weighted by Gasteiger charge is 2.30. The van der Waals surface area contributed by atoms with E-state index in [1.54, 1.807) is 0 Å². The number of fused-ring (bicyclic) bond motifs is 2. The molecule has 1 aromatic heterocycles. The molecule has 2 aromatic rings. The van der Waals surface area contributed by atoms with Crippen LogP contribution in [0.4, 0.5) is 5.69 Å². The second-order valence-corrected chi connectivity index (χ2v) is 5.63. The monoisotopic (exact) mass is 253 g/mol. The van der Waals surface area contributed by atoms with Crippen molar-refractivity contribution in [3.05, 3.63) is 36.5 Å². The minimum absolute atomic E-state index is 0.765. The van der Waals surface area contributed by atoms with E-state index in [0.717, 1.165) is 18.1 Å². The number of hydrogen-bond acceptors (Lipinski definition) is 3. The summed E-state index contributed by atoms with van der Waals surface area (Å²) in [6.07, 6.45) is 4.61. The topological polar surface area (TPSA) is 19.4 Å². The Balaban J connectivity index is 1.70. The fraction of sp³-hybridized carbons (Fsp3) is 0.438. The molecule has 2 fully saturated rings. The molecule has 2 aliphatic rings. The lowest BCUT2D eigenvalue weighted by Gasteiger charge is -2.39. The minimum atomic E-state index is 0.765. The molecule has 1 unspecified atom stereocenters. The quantitative estimate of drug-likeness (QED) is 0.778. The molecule has 1 atom stereocenters.